The van der Waals surface area contributed by atoms with Crippen molar-refractivity contribution < 1.29 is 18.4 Å². The Morgan fingerprint density at radius 1 is 1.11 bits per heavy atom. The predicted octanol–water partition coefficient (Wildman–Crippen LogP) is 2.91. The van der Waals surface area contributed by atoms with E-state index in [2.05, 4.69) is 5.32 Å². The first-order chi connectivity index (χ1) is 13.4. The number of piperidine rings is 1. The van der Waals surface area contributed by atoms with Gasteiger partial charge in [-0.05, 0) is 30.5 Å². The lowest BCUT2D eigenvalue weighted by Gasteiger charge is -2.25. The lowest BCUT2D eigenvalue weighted by atomic mass is 10.1. The van der Waals surface area contributed by atoms with Gasteiger partial charge in [0.25, 0.3) is 5.69 Å². The van der Waals surface area contributed by atoms with Gasteiger partial charge in [0, 0.05) is 25.7 Å². The summed E-state index contributed by atoms with van der Waals surface area (Å²) in [6.45, 7) is 0.919. The lowest BCUT2D eigenvalue weighted by molar-refractivity contribution is -0.384. The topological polar surface area (TPSA) is 113 Å². The van der Waals surface area contributed by atoms with Crippen molar-refractivity contribution >= 4 is 21.4 Å². The Kier molecular flexibility index (Phi) is 6.28. The number of nitro groups is 1. The SMILES string of the molecule is O=[N+]([O-])c1cc(S(=O)(=O)N2CCCCC2)ccc1NCC(O)c1ccccc1. The van der Waals surface area contributed by atoms with Crippen LogP contribution in [-0.2, 0) is 10.0 Å². The highest BCUT2D eigenvalue weighted by atomic mass is 32.2. The fraction of sp³-hybridized carbons (Fsp3) is 0.368. The molecule has 1 heterocycles. The van der Waals surface area contributed by atoms with Crippen LogP contribution in [-0.4, -0.2) is 42.4 Å². The van der Waals surface area contributed by atoms with Crippen LogP contribution in [0.4, 0.5) is 11.4 Å². The molecule has 1 atom stereocenters. The molecule has 3 rings (SSSR count). The van der Waals surface area contributed by atoms with Crippen LogP contribution >= 0.6 is 0 Å². The van der Waals surface area contributed by atoms with Gasteiger partial charge in [-0.25, -0.2) is 8.42 Å². The molecule has 0 saturated carbocycles. The van der Waals surface area contributed by atoms with Gasteiger partial charge in [0.2, 0.25) is 10.0 Å². The molecule has 28 heavy (non-hydrogen) atoms. The smallest absolute Gasteiger partial charge is 0.293 e. The zero-order valence-electron chi connectivity index (χ0n) is 15.3. The Morgan fingerprint density at radius 3 is 2.43 bits per heavy atom. The molecule has 1 unspecified atom stereocenters. The third-order valence-corrected chi connectivity index (χ3v) is 6.68. The van der Waals surface area contributed by atoms with Crippen LogP contribution in [0.15, 0.2) is 53.4 Å². The number of hydrogen-bond donors (Lipinski definition) is 2. The number of aliphatic hydroxyl groups excluding tert-OH is 1. The summed E-state index contributed by atoms with van der Waals surface area (Å²) in [6, 6.07) is 12.8. The largest absolute Gasteiger partial charge is 0.387 e. The molecule has 2 N–H and O–H groups in total. The van der Waals surface area contributed by atoms with Crippen molar-refractivity contribution in [3.8, 4) is 0 Å². The second kappa shape index (κ2) is 8.68. The van der Waals surface area contributed by atoms with Crippen LogP contribution < -0.4 is 5.32 Å². The average Bonchev–Trinajstić information content (AvgIpc) is 2.73. The summed E-state index contributed by atoms with van der Waals surface area (Å²) in [4.78, 5) is 10.8. The van der Waals surface area contributed by atoms with E-state index >= 15 is 0 Å². The molecule has 0 aromatic heterocycles. The molecule has 2 aromatic rings. The van der Waals surface area contributed by atoms with Crippen LogP contribution in [0.25, 0.3) is 0 Å². The molecule has 1 aliphatic rings. The minimum atomic E-state index is -3.76. The van der Waals surface area contributed by atoms with E-state index in [0.717, 1.165) is 25.3 Å². The standard InChI is InChI=1S/C19H23N3O5S/c23-19(15-7-3-1-4-8-15)14-20-17-10-9-16(13-18(17)22(24)25)28(26,27)21-11-5-2-6-12-21/h1,3-4,7-10,13,19-20,23H,2,5-6,11-12,14H2. The Hall–Kier alpha value is -2.49. The zero-order valence-corrected chi connectivity index (χ0v) is 16.1. The van der Waals surface area contributed by atoms with Gasteiger partial charge < -0.3 is 10.4 Å². The summed E-state index contributed by atoms with van der Waals surface area (Å²) in [7, 11) is -3.76. The van der Waals surface area contributed by atoms with Gasteiger partial charge in [0.1, 0.15) is 5.69 Å². The number of hydrogen-bond acceptors (Lipinski definition) is 6. The third-order valence-electron chi connectivity index (χ3n) is 4.79. The van der Waals surface area contributed by atoms with E-state index in [9.17, 15) is 23.6 Å². The fourth-order valence-electron chi connectivity index (χ4n) is 3.23. The molecule has 0 bridgehead atoms. The third kappa shape index (κ3) is 4.49. The highest BCUT2D eigenvalue weighted by Gasteiger charge is 2.28. The second-order valence-corrected chi connectivity index (χ2v) is 8.65. The second-order valence-electron chi connectivity index (χ2n) is 6.71. The van der Waals surface area contributed by atoms with E-state index < -0.39 is 21.1 Å². The van der Waals surface area contributed by atoms with E-state index in [1.54, 1.807) is 24.3 Å². The van der Waals surface area contributed by atoms with Gasteiger partial charge >= 0.3 is 0 Å². The van der Waals surface area contributed by atoms with E-state index in [0.29, 0.717) is 18.7 Å². The zero-order chi connectivity index (χ0) is 20.1. The molecular formula is C19H23N3O5S. The van der Waals surface area contributed by atoms with Crippen molar-refractivity contribution in [2.24, 2.45) is 0 Å². The molecule has 0 spiro atoms. The highest BCUT2D eigenvalue weighted by Crippen LogP contribution is 2.30. The molecule has 0 amide bonds. The molecule has 9 heteroatoms. The average molecular weight is 405 g/mol. The van der Waals surface area contributed by atoms with Crippen molar-refractivity contribution in [2.75, 3.05) is 25.0 Å². The maximum Gasteiger partial charge on any atom is 0.293 e. The number of nitro benzene ring substituents is 1. The van der Waals surface area contributed by atoms with E-state index in [-0.39, 0.29) is 22.8 Å². The maximum atomic E-state index is 12.8. The van der Waals surface area contributed by atoms with Crippen molar-refractivity contribution in [1.82, 2.24) is 4.31 Å². The van der Waals surface area contributed by atoms with Crippen LogP contribution in [0, 0.1) is 10.1 Å². The van der Waals surface area contributed by atoms with E-state index in [4.69, 9.17) is 0 Å². The number of rotatable bonds is 7. The van der Waals surface area contributed by atoms with Gasteiger partial charge in [-0.1, -0.05) is 36.8 Å². The van der Waals surface area contributed by atoms with Crippen molar-refractivity contribution in [3.05, 3.63) is 64.2 Å². The first-order valence-electron chi connectivity index (χ1n) is 9.15. The van der Waals surface area contributed by atoms with Crippen LogP contribution in [0.1, 0.15) is 30.9 Å². The Bertz CT molecular complexity index is 928. The Morgan fingerprint density at radius 2 is 1.79 bits per heavy atom. The summed E-state index contributed by atoms with van der Waals surface area (Å²) in [5.41, 5.74) is 0.512. The number of aliphatic hydroxyl groups is 1. The minimum absolute atomic E-state index is 0.0586. The molecule has 0 aliphatic carbocycles. The van der Waals surface area contributed by atoms with Gasteiger partial charge in [0.05, 0.1) is 15.9 Å². The summed E-state index contributed by atoms with van der Waals surface area (Å²) in [5.74, 6) is 0. The predicted molar refractivity (Wildman–Crippen MR) is 106 cm³/mol. The molecule has 150 valence electrons. The van der Waals surface area contributed by atoms with Gasteiger partial charge in [0.15, 0.2) is 0 Å². The summed E-state index contributed by atoms with van der Waals surface area (Å²) >= 11 is 0. The lowest BCUT2D eigenvalue weighted by Crippen LogP contribution is -2.35. The van der Waals surface area contributed by atoms with Crippen molar-refractivity contribution in [2.45, 2.75) is 30.3 Å². The van der Waals surface area contributed by atoms with Crippen molar-refractivity contribution in [3.63, 3.8) is 0 Å². The number of anilines is 1. The van der Waals surface area contributed by atoms with E-state index in [1.807, 2.05) is 6.07 Å². The Balaban J connectivity index is 1.80. The minimum Gasteiger partial charge on any atom is -0.387 e. The summed E-state index contributed by atoms with van der Waals surface area (Å²) in [5, 5.41) is 24.6. The van der Waals surface area contributed by atoms with Crippen molar-refractivity contribution in [1.29, 1.82) is 0 Å². The van der Waals surface area contributed by atoms with Gasteiger partial charge in [-0.15, -0.1) is 0 Å². The molecule has 1 aliphatic heterocycles. The first-order valence-corrected chi connectivity index (χ1v) is 10.6. The molecule has 2 aromatic carbocycles. The molecular weight excluding hydrogens is 382 g/mol. The van der Waals surface area contributed by atoms with Crippen LogP contribution in [0.5, 0.6) is 0 Å². The van der Waals surface area contributed by atoms with Crippen LogP contribution in [0.3, 0.4) is 0 Å². The monoisotopic (exact) mass is 405 g/mol. The molecule has 0 radical (unpaired) electrons. The van der Waals surface area contributed by atoms with Gasteiger partial charge in [-0.3, -0.25) is 10.1 Å². The normalized spacial score (nSPS) is 16.5. The highest BCUT2D eigenvalue weighted by molar-refractivity contribution is 7.89. The quantitative estimate of drug-likeness (QED) is 0.541. The molecule has 1 fully saturated rings. The van der Waals surface area contributed by atoms with Gasteiger partial charge in [-0.2, -0.15) is 4.31 Å². The number of nitrogens with zero attached hydrogens (tertiary/aromatic N) is 2. The fourth-order valence-corrected chi connectivity index (χ4v) is 4.76. The number of benzene rings is 2. The van der Waals surface area contributed by atoms with Crippen LogP contribution in [0.2, 0.25) is 0 Å². The van der Waals surface area contributed by atoms with E-state index in [1.165, 1.54) is 16.4 Å². The number of sulfonamides is 1. The number of nitrogens with one attached hydrogen (secondary N) is 1. The summed E-state index contributed by atoms with van der Waals surface area (Å²) < 4.78 is 26.9. The summed E-state index contributed by atoms with van der Waals surface area (Å²) in [6.07, 6.45) is 1.72. The Labute approximate surface area is 164 Å². The molecule has 1 saturated heterocycles. The first kappa shape index (κ1) is 20.2. The molecule has 8 nitrogen and oxygen atoms in total. The maximum absolute atomic E-state index is 12.8.